The molecule has 0 unspecified atom stereocenters. The van der Waals surface area contributed by atoms with Gasteiger partial charge in [-0.3, -0.25) is 9.36 Å². The van der Waals surface area contributed by atoms with Crippen LogP contribution in [0.1, 0.15) is 10.7 Å². The fourth-order valence-electron chi connectivity index (χ4n) is 2.28. The number of thiophene rings is 1. The Balaban J connectivity index is 1.83. The van der Waals surface area contributed by atoms with Crippen LogP contribution >= 0.6 is 11.3 Å². The van der Waals surface area contributed by atoms with Crippen molar-refractivity contribution >= 4 is 34.3 Å². The predicted molar refractivity (Wildman–Crippen MR) is 94.8 cm³/mol. The molecule has 0 fully saturated rings. The van der Waals surface area contributed by atoms with Crippen molar-refractivity contribution in [1.82, 2.24) is 9.55 Å². The van der Waals surface area contributed by atoms with E-state index in [1.807, 2.05) is 23.6 Å². The van der Waals surface area contributed by atoms with Crippen molar-refractivity contribution in [3.8, 4) is 6.07 Å². The normalized spacial score (nSPS) is 10.8. The quantitative estimate of drug-likeness (QED) is 0.521. The number of carbonyl (C=O) groups excluding carboxylic acids is 1. The van der Waals surface area contributed by atoms with Gasteiger partial charge in [-0.2, -0.15) is 5.26 Å². The summed E-state index contributed by atoms with van der Waals surface area (Å²) in [6.45, 7) is -0.343. The highest BCUT2D eigenvalue weighted by molar-refractivity contribution is 7.10. The van der Waals surface area contributed by atoms with Crippen molar-refractivity contribution in [2.75, 3.05) is 0 Å². The highest BCUT2D eigenvalue weighted by Gasteiger charge is 2.12. The summed E-state index contributed by atoms with van der Waals surface area (Å²) in [7, 11) is 0. The first-order valence-corrected chi connectivity index (χ1v) is 8.31. The molecule has 2 aromatic heterocycles. The Morgan fingerprint density at radius 1 is 1.32 bits per heavy atom. The van der Waals surface area contributed by atoms with Crippen LogP contribution in [0.25, 0.3) is 17.0 Å². The van der Waals surface area contributed by atoms with E-state index in [-0.39, 0.29) is 24.5 Å². The van der Waals surface area contributed by atoms with Crippen molar-refractivity contribution in [3.63, 3.8) is 0 Å². The number of rotatable bonds is 5. The standard InChI is InChI=1S/C18H13N3O3S/c19-9-10-21-16(20-15-6-2-1-5-14(15)18(21)23)12-24-17(22)8-7-13-4-3-11-25-13/h1-8,11H,10,12H2/b8-7+. The number of nitriles is 1. The molecule has 25 heavy (non-hydrogen) atoms. The van der Waals surface area contributed by atoms with E-state index in [0.29, 0.717) is 10.9 Å². The van der Waals surface area contributed by atoms with Gasteiger partial charge in [0.15, 0.2) is 5.82 Å². The van der Waals surface area contributed by atoms with E-state index in [2.05, 4.69) is 4.98 Å². The Morgan fingerprint density at radius 2 is 2.16 bits per heavy atom. The van der Waals surface area contributed by atoms with Crippen LogP contribution in [-0.2, 0) is 22.7 Å². The second kappa shape index (κ2) is 7.55. The lowest BCUT2D eigenvalue weighted by Gasteiger charge is -2.10. The maximum atomic E-state index is 12.5. The van der Waals surface area contributed by atoms with Gasteiger partial charge in [0.25, 0.3) is 5.56 Å². The molecule has 0 aliphatic rings. The molecule has 1 aromatic carbocycles. The number of nitrogens with zero attached hydrogens (tertiary/aromatic N) is 3. The third-order valence-electron chi connectivity index (χ3n) is 3.44. The summed E-state index contributed by atoms with van der Waals surface area (Å²) in [6.07, 6.45) is 2.98. The van der Waals surface area contributed by atoms with Crippen molar-refractivity contribution < 1.29 is 9.53 Å². The molecule has 0 N–H and O–H groups in total. The van der Waals surface area contributed by atoms with Gasteiger partial charge in [-0.05, 0) is 29.7 Å². The number of para-hydroxylation sites is 1. The smallest absolute Gasteiger partial charge is 0.331 e. The number of aromatic nitrogens is 2. The molecular weight excluding hydrogens is 338 g/mol. The van der Waals surface area contributed by atoms with E-state index in [0.717, 1.165) is 4.88 Å². The van der Waals surface area contributed by atoms with Crippen molar-refractivity contribution in [1.29, 1.82) is 5.26 Å². The molecule has 0 atom stereocenters. The number of esters is 1. The Kier molecular flexibility index (Phi) is 5.02. The molecule has 0 aliphatic carbocycles. The van der Waals surface area contributed by atoms with E-state index in [4.69, 9.17) is 10.00 Å². The second-order valence-corrected chi connectivity index (χ2v) is 6.03. The molecule has 3 rings (SSSR count). The highest BCUT2D eigenvalue weighted by Crippen LogP contribution is 2.11. The fraction of sp³-hybridized carbons (Fsp3) is 0.111. The molecule has 0 aliphatic heterocycles. The average molecular weight is 351 g/mol. The molecule has 124 valence electrons. The Bertz CT molecular complexity index is 1030. The van der Waals surface area contributed by atoms with Gasteiger partial charge in [0, 0.05) is 11.0 Å². The summed E-state index contributed by atoms with van der Waals surface area (Å²) in [4.78, 5) is 29.6. The molecule has 7 heteroatoms. The first-order chi connectivity index (χ1) is 12.2. The molecule has 0 radical (unpaired) electrons. The van der Waals surface area contributed by atoms with E-state index in [1.165, 1.54) is 22.0 Å². The monoisotopic (exact) mass is 351 g/mol. The summed E-state index contributed by atoms with van der Waals surface area (Å²) in [5, 5.41) is 11.3. The number of hydrogen-bond donors (Lipinski definition) is 0. The van der Waals surface area contributed by atoms with Crippen LogP contribution < -0.4 is 5.56 Å². The highest BCUT2D eigenvalue weighted by atomic mass is 32.1. The van der Waals surface area contributed by atoms with E-state index in [9.17, 15) is 9.59 Å². The number of fused-ring (bicyclic) bond motifs is 1. The van der Waals surface area contributed by atoms with Gasteiger partial charge in [0.2, 0.25) is 0 Å². The Labute approximate surface area is 147 Å². The summed E-state index contributed by atoms with van der Waals surface area (Å²) in [5.41, 5.74) is 0.175. The van der Waals surface area contributed by atoms with Gasteiger partial charge < -0.3 is 4.74 Å². The number of hydrogen-bond acceptors (Lipinski definition) is 6. The fourth-order valence-corrected chi connectivity index (χ4v) is 2.90. The summed E-state index contributed by atoms with van der Waals surface area (Å²) < 4.78 is 6.39. The zero-order valence-corrected chi connectivity index (χ0v) is 13.9. The summed E-state index contributed by atoms with van der Waals surface area (Å²) in [5.74, 6) is -0.303. The van der Waals surface area contributed by atoms with Crippen LogP contribution in [0.3, 0.4) is 0 Å². The van der Waals surface area contributed by atoms with Crippen LogP contribution in [-0.4, -0.2) is 15.5 Å². The van der Waals surface area contributed by atoms with Gasteiger partial charge >= 0.3 is 5.97 Å². The zero-order valence-electron chi connectivity index (χ0n) is 13.1. The molecule has 0 amide bonds. The van der Waals surface area contributed by atoms with Gasteiger partial charge in [-0.25, -0.2) is 9.78 Å². The lowest BCUT2D eigenvalue weighted by atomic mass is 10.2. The van der Waals surface area contributed by atoms with Crippen molar-refractivity contribution in [2.24, 2.45) is 0 Å². The first-order valence-electron chi connectivity index (χ1n) is 7.43. The largest absolute Gasteiger partial charge is 0.454 e. The molecule has 2 heterocycles. The average Bonchev–Trinajstić information content (AvgIpc) is 3.14. The second-order valence-electron chi connectivity index (χ2n) is 5.05. The molecule has 0 saturated heterocycles. The molecule has 0 bridgehead atoms. The molecule has 0 saturated carbocycles. The zero-order chi connectivity index (χ0) is 17.6. The minimum Gasteiger partial charge on any atom is -0.454 e. The topological polar surface area (TPSA) is 85.0 Å². The minimum absolute atomic E-state index is 0.158. The number of benzene rings is 1. The maximum Gasteiger partial charge on any atom is 0.331 e. The van der Waals surface area contributed by atoms with Gasteiger partial charge in [-0.1, -0.05) is 18.2 Å². The molecule has 3 aromatic rings. The third-order valence-corrected chi connectivity index (χ3v) is 4.28. The van der Waals surface area contributed by atoms with E-state index in [1.54, 1.807) is 30.3 Å². The molecule has 0 spiro atoms. The summed E-state index contributed by atoms with van der Waals surface area (Å²) >= 11 is 1.50. The van der Waals surface area contributed by atoms with Crippen LogP contribution in [0, 0.1) is 11.3 Å². The Hall–Kier alpha value is -3.24. The van der Waals surface area contributed by atoms with Crippen molar-refractivity contribution in [3.05, 3.63) is 68.9 Å². The van der Waals surface area contributed by atoms with Crippen LogP contribution in [0.15, 0.2) is 52.6 Å². The van der Waals surface area contributed by atoms with Crippen LogP contribution in [0.2, 0.25) is 0 Å². The SMILES string of the molecule is N#CCn1c(COC(=O)/C=C/c2cccs2)nc2ccccc2c1=O. The predicted octanol–water partition coefficient (Wildman–Crippen LogP) is 2.74. The van der Waals surface area contributed by atoms with Gasteiger partial charge in [0.1, 0.15) is 13.2 Å². The Morgan fingerprint density at radius 3 is 2.92 bits per heavy atom. The third kappa shape index (κ3) is 3.82. The summed E-state index contributed by atoms with van der Waals surface area (Å²) in [6, 6.07) is 12.5. The van der Waals surface area contributed by atoms with Crippen LogP contribution in [0.5, 0.6) is 0 Å². The lowest BCUT2D eigenvalue weighted by molar-refractivity contribution is -0.139. The van der Waals surface area contributed by atoms with Crippen molar-refractivity contribution in [2.45, 2.75) is 13.2 Å². The molecular formula is C18H13N3O3S. The van der Waals surface area contributed by atoms with E-state index >= 15 is 0 Å². The van der Waals surface area contributed by atoms with E-state index < -0.39 is 5.97 Å². The maximum absolute atomic E-state index is 12.5. The van der Waals surface area contributed by atoms with Crippen LogP contribution in [0.4, 0.5) is 0 Å². The lowest BCUT2D eigenvalue weighted by Crippen LogP contribution is -2.26. The van der Waals surface area contributed by atoms with Gasteiger partial charge in [0.05, 0.1) is 17.0 Å². The number of ether oxygens (including phenoxy) is 1. The molecule has 6 nitrogen and oxygen atoms in total. The number of carbonyl (C=O) groups is 1. The van der Waals surface area contributed by atoms with Gasteiger partial charge in [-0.15, -0.1) is 11.3 Å². The minimum atomic E-state index is -0.542. The first kappa shape index (κ1) is 16.6.